The van der Waals surface area contributed by atoms with E-state index < -0.39 is 0 Å². The molecule has 0 saturated carbocycles. The van der Waals surface area contributed by atoms with E-state index in [4.69, 9.17) is 9.72 Å². The Balaban J connectivity index is 1.97. The Labute approximate surface area is 142 Å². The van der Waals surface area contributed by atoms with Crippen molar-refractivity contribution in [1.82, 2.24) is 9.38 Å². The summed E-state index contributed by atoms with van der Waals surface area (Å²) in [6.07, 6.45) is 2.00. The van der Waals surface area contributed by atoms with E-state index in [1.807, 2.05) is 41.8 Å². The number of aromatic nitrogens is 2. The highest BCUT2D eigenvalue weighted by Crippen LogP contribution is 2.30. The van der Waals surface area contributed by atoms with Crippen molar-refractivity contribution in [1.29, 1.82) is 0 Å². The third-order valence-electron chi connectivity index (χ3n) is 3.74. The molecule has 0 aliphatic carbocycles. The normalized spacial score (nSPS) is 11.7. The quantitative estimate of drug-likeness (QED) is 0.576. The number of pyridine rings is 1. The highest BCUT2D eigenvalue weighted by atomic mass is 16.5. The molecule has 0 amide bonds. The van der Waals surface area contributed by atoms with Crippen LogP contribution in [0.1, 0.15) is 37.9 Å². The van der Waals surface area contributed by atoms with E-state index in [9.17, 15) is 0 Å². The maximum Gasteiger partial charge on any atom is 0.183 e. The lowest BCUT2D eigenvalue weighted by Gasteiger charge is -2.03. The SMILES string of the molecule is CCOc1ccc(N=Nc2c(C(C)C)nc3cc(C)ccn23)cc1. The number of hydrogen-bond donors (Lipinski definition) is 0. The molecule has 0 bridgehead atoms. The molecule has 0 unspecified atom stereocenters. The van der Waals surface area contributed by atoms with Gasteiger partial charge in [-0.05, 0) is 61.7 Å². The minimum absolute atomic E-state index is 0.277. The Morgan fingerprint density at radius 3 is 2.54 bits per heavy atom. The first kappa shape index (κ1) is 16.2. The van der Waals surface area contributed by atoms with E-state index in [0.29, 0.717) is 6.61 Å². The molecule has 0 aliphatic rings. The van der Waals surface area contributed by atoms with E-state index >= 15 is 0 Å². The second kappa shape index (κ2) is 6.83. The average molecular weight is 322 g/mol. The molecule has 3 rings (SSSR count). The topological polar surface area (TPSA) is 51.2 Å². The smallest absolute Gasteiger partial charge is 0.183 e. The molecule has 0 atom stereocenters. The van der Waals surface area contributed by atoms with E-state index in [1.54, 1.807) is 0 Å². The van der Waals surface area contributed by atoms with Crippen molar-refractivity contribution >= 4 is 17.2 Å². The van der Waals surface area contributed by atoms with Crippen molar-refractivity contribution in [3.63, 3.8) is 0 Å². The van der Waals surface area contributed by atoms with Crippen molar-refractivity contribution in [3.8, 4) is 5.75 Å². The Morgan fingerprint density at radius 1 is 1.12 bits per heavy atom. The number of rotatable bonds is 5. The maximum atomic E-state index is 5.44. The van der Waals surface area contributed by atoms with Gasteiger partial charge in [0, 0.05) is 6.20 Å². The summed E-state index contributed by atoms with van der Waals surface area (Å²) in [6.45, 7) is 8.91. The van der Waals surface area contributed by atoms with Gasteiger partial charge in [-0.2, -0.15) is 0 Å². The number of benzene rings is 1. The number of nitrogens with zero attached hydrogens (tertiary/aromatic N) is 4. The number of aryl methyl sites for hydroxylation is 1. The minimum atomic E-state index is 0.277. The summed E-state index contributed by atoms with van der Waals surface area (Å²) in [5.74, 6) is 1.90. The predicted octanol–water partition coefficient (Wildman–Crippen LogP) is 5.58. The monoisotopic (exact) mass is 322 g/mol. The Hall–Kier alpha value is -2.69. The van der Waals surface area contributed by atoms with Crippen LogP contribution in [0.25, 0.3) is 5.65 Å². The van der Waals surface area contributed by atoms with Crippen molar-refractivity contribution in [3.05, 3.63) is 53.9 Å². The minimum Gasteiger partial charge on any atom is -0.494 e. The molecule has 3 aromatic rings. The van der Waals surface area contributed by atoms with Gasteiger partial charge in [0.1, 0.15) is 11.4 Å². The van der Waals surface area contributed by atoms with Crippen LogP contribution in [0.15, 0.2) is 52.8 Å². The molecular formula is C19H22N4O. The number of ether oxygens (including phenoxy) is 1. The molecule has 5 nitrogen and oxygen atoms in total. The van der Waals surface area contributed by atoms with Gasteiger partial charge < -0.3 is 4.74 Å². The van der Waals surface area contributed by atoms with Gasteiger partial charge in [-0.1, -0.05) is 13.8 Å². The largest absolute Gasteiger partial charge is 0.494 e. The Kier molecular flexibility index (Phi) is 4.60. The third-order valence-corrected chi connectivity index (χ3v) is 3.74. The second-order valence-corrected chi connectivity index (χ2v) is 6.03. The Morgan fingerprint density at radius 2 is 1.88 bits per heavy atom. The van der Waals surface area contributed by atoms with Gasteiger partial charge in [0.25, 0.3) is 0 Å². The molecule has 24 heavy (non-hydrogen) atoms. The van der Waals surface area contributed by atoms with Crippen LogP contribution in [0.5, 0.6) is 5.75 Å². The second-order valence-electron chi connectivity index (χ2n) is 6.03. The average Bonchev–Trinajstić information content (AvgIpc) is 2.92. The summed E-state index contributed by atoms with van der Waals surface area (Å²) in [6, 6.07) is 11.7. The van der Waals surface area contributed by atoms with Crippen LogP contribution >= 0.6 is 0 Å². The molecule has 1 aromatic carbocycles. The third kappa shape index (κ3) is 3.30. The van der Waals surface area contributed by atoms with Gasteiger partial charge in [0.2, 0.25) is 0 Å². The van der Waals surface area contributed by atoms with Crippen LogP contribution in [-0.4, -0.2) is 16.0 Å². The first-order chi connectivity index (χ1) is 11.6. The lowest BCUT2D eigenvalue weighted by atomic mass is 10.1. The fourth-order valence-corrected chi connectivity index (χ4v) is 2.52. The zero-order valence-corrected chi connectivity index (χ0v) is 14.5. The van der Waals surface area contributed by atoms with E-state index in [-0.39, 0.29) is 5.92 Å². The van der Waals surface area contributed by atoms with Crippen LogP contribution in [0.4, 0.5) is 11.5 Å². The molecule has 0 radical (unpaired) electrons. The maximum absolute atomic E-state index is 5.44. The summed E-state index contributed by atoms with van der Waals surface area (Å²) in [4.78, 5) is 4.71. The molecule has 124 valence electrons. The fraction of sp³-hybridized carbons (Fsp3) is 0.316. The predicted molar refractivity (Wildman–Crippen MR) is 95.8 cm³/mol. The summed E-state index contributed by atoms with van der Waals surface area (Å²) < 4.78 is 7.43. The molecule has 0 spiro atoms. The zero-order chi connectivity index (χ0) is 17.1. The molecule has 0 fully saturated rings. The van der Waals surface area contributed by atoms with Crippen LogP contribution in [-0.2, 0) is 0 Å². The molecule has 0 saturated heterocycles. The van der Waals surface area contributed by atoms with Gasteiger partial charge in [-0.25, -0.2) is 4.98 Å². The summed E-state index contributed by atoms with van der Waals surface area (Å²) >= 11 is 0. The first-order valence-corrected chi connectivity index (χ1v) is 8.21. The Bertz CT molecular complexity index is 863. The van der Waals surface area contributed by atoms with Crippen LogP contribution in [0.2, 0.25) is 0 Å². The van der Waals surface area contributed by atoms with Gasteiger partial charge in [0.15, 0.2) is 5.82 Å². The highest BCUT2D eigenvalue weighted by Gasteiger charge is 2.15. The van der Waals surface area contributed by atoms with Gasteiger partial charge in [-0.15, -0.1) is 10.2 Å². The van der Waals surface area contributed by atoms with E-state index in [1.165, 1.54) is 5.56 Å². The van der Waals surface area contributed by atoms with Gasteiger partial charge in [-0.3, -0.25) is 4.40 Å². The molecule has 2 heterocycles. The standard InChI is InChI=1S/C19H22N4O/c1-5-24-16-8-6-15(7-9-16)21-22-19-18(13(2)3)20-17-12-14(4)10-11-23(17)19/h6-13H,5H2,1-4H3. The van der Waals surface area contributed by atoms with Crippen LogP contribution in [0, 0.1) is 6.92 Å². The lowest BCUT2D eigenvalue weighted by Crippen LogP contribution is -1.89. The molecule has 0 N–H and O–H groups in total. The van der Waals surface area contributed by atoms with Crippen molar-refractivity contribution in [2.45, 2.75) is 33.6 Å². The van der Waals surface area contributed by atoms with Crippen molar-refractivity contribution < 1.29 is 4.74 Å². The number of hydrogen-bond acceptors (Lipinski definition) is 4. The first-order valence-electron chi connectivity index (χ1n) is 8.21. The number of fused-ring (bicyclic) bond motifs is 1. The molecule has 5 heteroatoms. The molecule has 0 aliphatic heterocycles. The van der Waals surface area contributed by atoms with Crippen LogP contribution in [0.3, 0.4) is 0 Å². The highest BCUT2D eigenvalue weighted by molar-refractivity contribution is 5.54. The van der Waals surface area contributed by atoms with Crippen molar-refractivity contribution in [2.24, 2.45) is 10.2 Å². The summed E-state index contributed by atoms with van der Waals surface area (Å²) in [5, 5.41) is 8.85. The molecular weight excluding hydrogens is 300 g/mol. The van der Waals surface area contributed by atoms with Gasteiger partial charge >= 0.3 is 0 Å². The fourth-order valence-electron chi connectivity index (χ4n) is 2.52. The number of azo groups is 1. The molecule has 2 aromatic heterocycles. The van der Waals surface area contributed by atoms with E-state index in [0.717, 1.165) is 28.6 Å². The zero-order valence-electron chi connectivity index (χ0n) is 14.5. The van der Waals surface area contributed by atoms with Gasteiger partial charge in [0.05, 0.1) is 18.0 Å². The van der Waals surface area contributed by atoms with Crippen molar-refractivity contribution in [2.75, 3.05) is 6.61 Å². The van der Waals surface area contributed by atoms with E-state index in [2.05, 4.69) is 43.1 Å². The summed E-state index contributed by atoms with van der Waals surface area (Å²) in [7, 11) is 0. The summed E-state index contributed by atoms with van der Waals surface area (Å²) in [5.41, 5.74) is 3.82. The number of imidazole rings is 1. The van der Waals surface area contributed by atoms with Crippen LogP contribution < -0.4 is 4.74 Å². The lowest BCUT2D eigenvalue weighted by molar-refractivity contribution is 0.340.